The second-order valence-electron chi connectivity index (χ2n) is 15.9. The topological polar surface area (TPSA) is 60.4 Å². The van der Waals surface area contributed by atoms with Gasteiger partial charge in [-0.3, -0.25) is 14.4 Å². The lowest BCUT2D eigenvalue weighted by atomic mass is 9.33. The largest absolute Gasteiger partial charge is 0.460 e. The SMILES string of the molecule is [2H]C([2H])([2H])C1(C)C(=O)CC[C@@]2(C)C1CC[C@]1(C)C2C(=O)C=C2[C@@H]3C[C@@](C)(C(=O)OCc4ccccc4)CC[C@]3(C)CC[C@]21C. The summed E-state index contributed by atoms with van der Waals surface area (Å²) in [4.78, 5) is 41.5. The fourth-order valence-electron chi connectivity index (χ4n) is 10.8. The quantitative estimate of drug-likeness (QED) is 0.348. The van der Waals surface area contributed by atoms with Gasteiger partial charge in [0.15, 0.2) is 5.78 Å². The zero-order valence-corrected chi connectivity index (χ0v) is 25.9. The number of hydrogen-bond donors (Lipinski definition) is 0. The average Bonchev–Trinajstić information content (AvgIpc) is 2.96. The molecule has 0 aromatic heterocycles. The van der Waals surface area contributed by atoms with Crippen LogP contribution in [0.2, 0.25) is 0 Å². The fraction of sp³-hybridized carbons (Fsp3) is 0.703. The second-order valence-corrected chi connectivity index (χ2v) is 15.9. The molecule has 4 saturated carbocycles. The summed E-state index contributed by atoms with van der Waals surface area (Å²) >= 11 is 0. The number of rotatable bonds is 3. The van der Waals surface area contributed by atoms with Gasteiger partial charge in [-0.25, -0.2) is 0 Å². The molecular weight excluding hydrogens is 508 g/mol. The molecule has 3 unspecified atom stereocenters. The summed E-state index contributed by atoms with van der Waals surface area (Å²) in [5.74, 6) is -0.854. The number of carbonyl (C=O) groups is 3. The van der Waals surface area contributed by atoms with Gasteiger partial charge in [-0.1, -0.05) is 77.4 Å². The molecule has 0 spiro atoms. The molecule has 1 aromatic carbocycles. The summed E-state index contributed by atoms with van der Waals surface area (Å²) in [5.41, 5.74) is -1.09. The Bertz CT molecular complexity index is 1420. The summed E-state index contributed by atoms with van der Waals surface area (Å²) in [5, 5.41) is 0. The van der Waals surface area contributed by atoms with Gasteiger partial charge in [-0.05, 0) is 103 Å². The Morgan fingerprint density at radius 1 is 0.951 bits per heavy atom. The van der Waals surface area contributed by atoms with Crippen molar-refractivity contribution >= 4 is 17.5 Å². The van der Waals surface area contributed by atoms with Crippen LogP contribution in [0, 0.1) is 50.2 Å². The van der Waals surface area contributed by atoms with E-state index in [4.69, 9.17) is 8.85 Å². The molecule has 0 heterocycles. The molecular formula is C37H50O4. The van der Waals surface area contributed by atoms with E-state index >= 15 is 0 Å². The minimum absolute atomic E-state index is 0.00618. The van der Waals surface area contributed by atoms with Gasteiger partial charge in [-0.2, -0.15) is 0 Å². The molecule has 41 heavy (non-hydrogen) atoms. The van der Waals surface area contributed by atoms with Crippen LogP contribution in [0.1, 0.15) is 116 Å². The van der Waals surface area contributed by atoms with Gasteiger partial charge in [0.1, 0.15) is 12.4 Å². The molecule has 222 valence electrons. The van der Waals surface area contributed by atoms with E-state index in [2.05, 4.69) is 27.7 Å². The highest BCUT2D eigenvalue weighted by atomic mass is 16.5. The summed E-state index contributed by atoms with van der Waals surface area (Å²) in [7, 11) is 0. The Kier molecular flexibility index (Phi) is 5.63. The molecule has 4 fully saturated rings. The van der Waals surface area contributed by atoms with Gasteiger partial charge in [0, 0.05) is 21.9 Å². The Labute approximate surface area is 251 Å². The van der Waals surface area contributed by atoms with E-state index < -0.39 is 23.1 Å². The van der Waals surface area contributed by atoms with Crippen molar-refractivity contribution in [3.8, 4) is 0 Å². The molecule has 0 amide bonds. The first-order chi connectivity index (χ1) is 20.4. The molecule has 5 aliphatic carbocycles. The molecule has 0 aliphatic heterocycles. The van der Waals surface area contributed by atoms with E-state index in [1.807, 2.05) is 43.3 Å². The van der Waals surface area contributed by atoms with Crippen LogP contribution in [0.5, 0.6) is 0 Å². The lowest BCUT2D eigenvalue weighted by molar-refractivity contribution is -0.188. The average molecular weight is 562 g/mol. The van der Waals surface area contributed by atoms with E-state index in [0.717, 1.165) is 37.7 Å². The zero-order chi connectivity index (χ0) is 32.1. The molecule has 4 heteroatoms. The van der Waals surface area contributed by atoms with Gasteiger partial charge in [-0.15, -0.1) is 0 Å². The minimum Gasteiger partial charge on any atom is -0.460 e. The van der Waals surface area contributed by atoms with E-state index in [0.29, 0.717) is 19.3 Å². The lowest BCUT2D eigenvalue weighted by Crippen LogP contribution is -2.66. The Balaban J connectivity index is 1.36. The van der Waals surface area contributed by atoms with Crippen molar-refractivity contribution in [2.24, 2.45) is 50.2 Å². The van der Waals surface area contributed by atoms with Crippen molar-refractivity contribution in [2.75, 3.05) is 0 Å². The van der Waals surface area contributed by atoms with Crippen molar-refractivity contribution in [3.05, 3.63) is 47.5 Å². The molecule has 0 bridgehead atoms. The van der Waals surface area contributed by atoms with Crippen LogP contribution in [-0.4, -0.2) is 17.5 Å². The van der Waals surface area contributed by atoms with Crippen LogP contribution < -0.4 is 0 Å². The van der Waals surface area contributed by atoms with Crippen LogP contribution in [-0.2, 0) is 25.7 Å². The first kappa shape index (κ1) is 25.3. The maximum atomic E-state index is 14.6. The van der Waals surface area contributed by atoms with Crippen molar-refractivity contribution in [3.63, 3.8) is 0 Å². The number of ketones is 2. The normalized spacial score (nSPS) is 48.7. The number of esters is 1. The second kappa shape index (κ2) is 9.13. The van der Waals surface area contributed by atoms with Gasteiger partial charge in [0.2, 0.25) is 0 Å². The number of hydrogen-bond acceptors (Lipinski definition) is 4. The molecule has 0 radical (unpaired) electrons. The highest BCUT2D eigenvalue weighted by molar-refractivity contribution is 5.96. The van der Waals surface area contributed by atoms with E-state index in [1.165, 1.54) is 5.57 Å². The van der Waals surface area contributed by atoms with Crippen molar-refractivity contribution in [1.82, 2.24) is 0 Å². The van der Waals surface area contributed by atoms with E-state index in [1.54, 1.807) is 6.92 Å². The van der Waals surface area contributed by atoms with Crippen molar-refractivity contribution in [1.29, 1.82) is 0 Å². The summed E-state index contributed by atoms with van der Waals surface area (Å²) in [6.07, 6.45) is 8.40. The van der Waals surface area contributed by atoms with Crippen LogP contribution in [0.3, 0.4) is 0 Å². The number of Topliss-reactive ketones (excluding diaryl/α,β-unsaturated/α-hetero) is 1. The molecule has 1 aromatic rings. The Hall–Kier alpha value is -2.23. The summed E-state index contributed by atoms with van der Waals surface area (Å²) in [6, 6.07) is 9.78. The van der Waals surface area contributed by atoms with Crippen LogP contribution in [0.25, 0.3) is 0 Å². The van der Waals surface area contributed by atoms with Crippen LogP contribution in [0.4, 0.5) is 0 Å². The minimum atomic E-state index is -2.42. The highest BCUT2D eigenvalue weighted by Gasteiger charge is 2.70. The zero-order valence-electron chi connectivity index (χ0n) is 28.9. The third-order valence-corrected chi connectivity index (χ3v) is 13.7. The smallest absolute Gasteiger partial charge is 0.312 e. The van der Waals surface area contributed by atoms with Gasteiger partial charge in [0.05, 0.1) is 5.41 Å². The predicted octanol–water partition coefficient (Wildman–Crippen LogP) is 8.28. The van der Waals surface area contributed by atoms with Gasteiger partial charge < -0.3 is 4.74 Å². The molecule has 9 atom stereocenters. The maximum absolute atomic E-state index is 14.6. The van der Waals surface area contributed by atoms with Crippen LogP contribution >= 0.6 is 0 Å². The first-order valence-electron chi connectivity index (χ1n) is 17.4. The number of carbonyl (C=O) groups excluding carboxylic acids is 3. The van der Waals surface area contributed by atoms with Crippen molar-refractivity contribution in [2.45, 2.75) is 113 Å². The summed E-state index contributed by atoms with van der Waals surface area (Å²) < 4.78 is 31.2. The monoisotopic (exact) mass is 561 g/mol. The summed E-state index contributed by atoms with van der Waals surface area (Å²) in [6.45, 7) is 10.6. The van der Waals surface area contributed by atoms with Gasteiger partial charge >= 0.3 is 5.97 Å². The molecule has 4 nitrogen and oxygen atoms in total. The number of allylic oxidation sites excluding steroid dienone is 2. The van der Waals surface area contributed by atoms with Crippen molar-refractivity contribution < 1.29 is 23.2 Å². The maximum Gasteiger partial charge on any atom is 0.312 e. The number of ether oxygens (including phenoxy) is 1. The first-order valence-corrected chi connectivity index (χ1v) is 15.9. The highest BCUT2D eigenvalue weighted by Crippen LogP contribution is 2.74. The van der Waals surface area contributed by atoms with Crippen LogP contribution in [0.15, 0.2) is 42.0 Å². The molecule has 5 aliphatic rings. The third kappa shape index (κ3) is 3.94. The molecule has 0 saturated heterocycles. The Morgan fingerprint density at radius 2 is 1.66 bits per heavy atom. The van der Waals surface area contributed by atoms with E-state index in [-0.39, 0.29) is 64.6 Å². The predicted molar refractivity (Wildman–Crippen MR) is 161 cm³/mol. The number of fused-ring (bicyclic) bond motifs is 7. The van der Waals surface area contributed by atoms with Gasteiger partial charge in [0.25, 0.3) is 0 Å². The standard InChI is InChI=1S/C37H50O4/c1-32(2)28-13-16-37(7)30(35(28,5)15-14-29(32)39)27(38)21-25-26-22-34(4,18-17-33(26,3)19-20-36(25,37)6)31(40)41-23-24-11-9-8-10-12-24/h8-12,21,26,28,30H,13-20,22-23H2,1-7H3/t26-,28?,30?,33+,34-,35-,36+,37+/m0/s1/i1D3/t26-,28?,30?,32?,33+,34-,35-,36+,37+. The lowest BCUT2D eigenvalue weighted by Gasteiger charge is -2.69. The molecule has 6 rings (SSSR count). The number of benzene rings is 1. The molecule has 0 N–H and O–H groups in total. The van der Waals surface area contributed by atoms with E-state index in [9.17, 15) is 14.4 Å². The fourth-order valence-corrected chi connectivity index (χ4v) is 10.8. The third-order valence-electron chi connectivity index (χ3n) is 13.7. The Morgan fingerprint density at radius 3 is 2.37 bits per heavy atom.